The molecule has 206 valence electrons. The molecule has 2 N–H and O–H groups in total. The molecule has 0 radical (unpaired) electrons. The van der Waals surface area contributed by atoms with Crippen molar-refractivity contribution in [2.45, 2.75) is 25.2 Å². The average Bonchev–Trinajstić information content (AvgIpc) is 3.45. The first-order chi connectivity index (χ1) is 19.5. The summed E-state index contributed by atoms with van der Waals surface area (Å²) in [5.74, 6) is 0.677. The van der Waals surface area contributed by atoms with E-state index in [1.54, 1.807) is 11.0 Å². The molecule has 2 fully saturated rings. The standard InChI is InChI=1S/C29H27ClFN5O4/c30-23-10-19(6-7-24(23)31)35-28-22-11-26(27(12-25(22)32-17-33-28)40-21-8-9-38-16-21)34-20-13-36(14-20)29(37)39-15-18-4-2-1-3-5-18/h1-7,10-12,17,20-21,34H,8-9,13-16H2,(H,32,33,35)/t21-/m0/s1. The molecule has 0 unspecified atom stereocenters. The molecule has 2 saturated heterocycles. The van der Waals surface area contributed by atoms with Crippen LogP contribution in [-0.2, 0) is 16.1 Å². The van der Waals surface area contributed by atoms with Gasteiger partial charge in [-0.25, -0.2) is 19.2 Å². The van der Waals surface area contributed by atoms with Gasteiger partial charge in [0.2, 0.25) is 0 Å². The summed E-state index contributed by atoms with van der Waals surface area (Å²) in [6.45, 7) is 2.38. The third kappa shape index (κ3) is 5.88. The van der Waals surface area contributed by atoms with E-state index in [9.17, 15) is 9.18 Å². The number of hydrogen-bond acceptors (Lipinski definition) is 8. The third-order valence-corrected chi connectivity index (χ3v) is 7.09. The summed E-state index contributed by atoms with van der Waals surface area (Å²) in [4.78, 5) is 23.0. The van der Waals surface area contributed by atoms with Crippen LogP contribution in [0.25, 0.3) is 10.9 Å². The zero-order chi connectivity index (χ0) is 27.5. The second kappa shape index (κ2) is 11.5. The molecule has 1 atom stereocenters. The van der Waals surface area contributed by atoms with Crippen LogP contribution in [0.4, 0.5) is 26.4 Å². The van der Waals surface area contributed by atoms with Gasteiger partial charge in [0.15, 0.2) is 0 Å². The van der Waals surface area contributed by atoms with Crippen molar-refractivity contribution in [1.82, 2.24) is 14.9 Å². The average molecular weight is 564 g/mol. The van der Waals surface area contributed by atoms with Crippen LogP contribution in [0.3, 0.4) is 0 Å². The number of benzene rings is 3. The molecule has 3 aromatic carbocycles. The largest absolute Gasteiger partial charge is 0.486 e. The van der Waals surface area contributed by atoms with Gasteiger partial charge in [-0.3, -0.25) is 0 Å². The van der Waals surface area contributed by atoms with E-state index in [1.165, 1.54) is 18.5 Å². The number of nitrogens with one attached hydrogen (secondary N) is 2. The Balaban J connectivity index is 1.19. The number of carbonyl (C=O) groups is 1. The van der Waals surface area contributed by atoms with Crippen molar-refractivity contribution in [3.05, 3.63) is 83.4 Å². The summed E-state index contributed by atoms with van der Waals surface area (Å²) < 4.78 is 30.9. The Morgan fingerprint density at radius 1 is 1.12 bits per heavy atom. The summed E-state index contributed by atoms with van der Waals surface area (Å²) in [6, 6.07) is 17.8. The highest BCUT2D eigenvalue weighted by molar-refractivity contribution is 6.31. The summed E-state index contributed by atoms with van der Waals surface area (Å²) in [5, 5.41) is 7.46. The van der Waals surface area contributed by atoms with E-state index in [0.717, 1.165) is 23.1 Å². The molecule has 11 heteroatoms. The zero-order valence-electron chi connectivity index (χ0n) is 21.5. The minimum Gasteiger partial charge on any atom is -0.486 e. The molecule has 1 amide bonds. The number of nitrogens with zero attached hydrogens (tertiary/aromatic N) is 3. The molecule has 0 bridgehead atoms. The van der Waals surface area contributed by atoms with E-state index in [0.29, 0.717) is 49.1 Å². The SMILES string of the molecule is O=C(OCc1ccccc1)N1CC(Nc2cc3c(Nc4ccc(F)c(Cl)c4)ncnc3cc2O[C@H]2CCOC2)C1. The van der Waals surface area contributed by atoms with Gasteiger partial charge in [0.1, 0.15) is 36.4 Å². The molecule has 0 spiro atoms. The van der Waals surface area contributed by atoms with Crippen LogP contribution in [0.1, 0.15) is 12.0 Å². The number of halogens is 2. The van der Waals surface area contributed by atoms with Crippen LogP contribution in [0.2, 0.25) is 5.02 Å². The second-order valence-corrected chi connectivity index (χ2v) is 10.1. The van der Waals surface area contributed by atoms with Gasteiger partial charge in [-0.1, -0.05) is 41.9 Å². The molecular formula is C29H27ClFN5O4. The molecule has 1 aromatic heterocycles. The summed E-state index contributed by atoms with van der Waals surface area (Å²) in [7, 11) is 0. The van der Waals surface area contributed by atoms with E-state index >= 15 is 0 Å². The van der Waals surface area contributed by atoms with Crippen LogP contribution < -0.4 is 15.4 Å². The molecule has 4 aromatic rings. The molecule has 9 nitrogen and oxygen atoms in total. The van der Waals surface area contributed by atoms with Crippen molar-refractivity contribution >= 4 is 45.8 Å². The summed E-state index contributed by atoms with van der Waals surface area (Å²) in [6.07, 6.45) is 1.84. The van der Waals surface area contributed by atoms with Crippen LogP contribution in [-0.4, -0.2) is 59.4 Å². The molecule has 2 aliphatic rings. The van der Waals surface area contributed by atoms with Gasteiger partial charge in [0.25, 0.3) is 0 Å². The third-order valence-electron chi connectivity index (χ3n) is 6.81. The summed E-state index contributed by atoms with van der Waals surface area (Å²) >= 11 is 5.97. The highest BCUT2D eigenvalue weighted by Crippen LogP contribution is 2.36. The molecule has 6 rings (SSSR count). The maximum Gasteiger partial charge on any atom is 0.410 e. The number of aromatic nitrogens is 2. The normalized spacial score (nSPS) is 16.9. The Morgan fingerprint density at radius 2 is 1.98 bits per heavy atom. The van der Waals surface area contributed by atoms with Crippen LogP contribution in [0.5, 0.6) is 5.75 Å². The van der Waals surface area contributed by atoms with Crippen LogP contribution in [0, 0.1) is 5.82 Å². The van der Waals surface area contributed by atoms with Gasteiger partial charge >= 0.3 is 6.09 Å². The Kier molecular flexibility index (Phi) is 7.52. The van der Waals surface area contributed by atoms with Gasteiger partial charge < -0.3 is 29.7 Å². The monoisotopic (exact) mass is 563 g/mol. The van der Waals surface area contributed by atoms with Crippen molar-refractivity contribution in [2.75, 3.05) is 36.9 Å². The van der Waals surface area contributed by atoms with Gasteiger partial charge in [0, 0.05) is 36.7 Å². The fourth-order valence-electron chi connectivity index (χ4n) is 4.64. The number of rotatable bonds is 8. The maximum atomic E-state index is 13.7. The van der Waals surface area contributed by atoms with E-state index in [2.05, 4.69) is 20.6 Å². The fraction of sp³-hybridized carbons (Fsp3) is 0.276. The quantitative estimate of drug-likeness (QED) is 0.279. The number of likely N-dealkylation sites (tertiary alicyclic amines) is 1. The molecule has 3 heterocycles. The van der Waals surface area contributed by atoms with Crippen LogP contribution in [0.15, 0.2) is 67.0 Å². The Hall–Kier alpha value is -4.15. The minimum atomic E-state index is -0.498. The lowest BCUT2D eigenvalue weighted by Gasteiger charge is -2.39. The highest BCUT2D eigenvalue weighted by atomic mass is 35.5. The van der Waals surface area contributed by atoms with Gasteiger partial charge in [-0.15, -0.1) is 0 Å². The van der Waals surface area contributed by atoms with E-state index in [4.69, 9.17) is 25.8 Å². The highest BCUT2D eigenvalue weighted by Gasteiger charge is 2.32. The second-order valence-electron chi connectivity index (χ2n) is 9.73. The lowest BCUT2D eigenvalue weighted by molar-refractivity contribution is 0.0704. The van der Waals surface area contributed by atoms with Gasteiger partial charge in [-0.2, -0.15) is 0 Å². The van der Waals surface area contributed by atoms with Gasteiger partial charge in [0.05, 0.1) is 35.5 Å². The minimum absolute atomic E-state index is 0.000785. The van der Waals surface area contributed by atoms with Crippen molar-refractivity contribution in [2.24, 2.45) is 0 Å². The van der Waals surface area contributed by atoms with E-state index in [-0.39, 0.29) is 29.9 Å². The Bertz CT molecular complexity index is 1510. The smallest absolute Gasteiger partial charge is 0.410 e. The number of ether oxygens (including phenoxy) is 3. The molecular weight excluding hydrogens is 537 g/mol. The molecule has 40 heavy (non-hydrogen) atoms. The fourth-order valence-corrected chi connectivity index (χ4v) is 4.82. The van der Waals surface area contributed by atoms with E-state index < -0.39 is 5.82 Å². The molecule has 2 aliphatic heterocycles. The first kappa shape index (κ1) is 26.1. The predicted octanol–water partition coefficient (Wildman–Crippen LogP) is 5.77. The van der Waals surface area contributed by atoms with Crippen molar-refractivity contribution in [1.29, 1.82) is 0 Å². The maximum absolute atomic E-state index is 13.7. The Labute approximate surface area is 235 Å². The van der Waals surface area contributed by atoms with E-state index in [1.807, 2.05) is 42.5 Å². The number of carbonyl (C=O) groups excluding carboxylic acids is 1. The molecule has 0 aliphatic carbocycles. The van der Waals surface area contributed by atoms with Crippen molar-refractivity contribution < 1.29 is 23.4 Å². The van der Waals surface area contributed by atoms with Crippen molar-refractivity contribution in [3.8, 4) is 5.75 Å². The van der Waals surface area contributed by atoms with Crippen LogP contribution >= 0.6 is 11.6 Å². The first-order valence-electron chi connectivity index (χ1n) is 13.0. The zero-order valence-corrected chi connectivity index (χ0v) is 22.2. The Morgan fingerprint density at radius 3 is 2.75 bits per heavy atom. The predicted molar refractivity (Wildman–Crippen MR) is 150 cm³/mol. The number of anilines is 3. The first-order valence-corrected chi connectivity index (χ1v) is 13.4. The van der Waals surface area contributed by atoms with Crippen molar-refractivity contribution in [3.63, 3.8) is 0 Å². The summed E-state index contributed by atoms with van der Waals surface area (Å²) in [5.41, 5.74) is 2.95. The number of fused-ring (bicyclic) bond motifs is 1. The number of amides is 1. The topological polar surface area (TPSA) is 97.8 Å². The molecule has 0 saturated carbocycles. The van der Waals surface area contributed by atoms with Gasteiger partial charge in [-0.05, 0) is 29.8 Å². The lowest BCUT2D eigenvalue weighted by atomic mass is 10.1. The lowest BCUT2D eigenvalue weighted by Crippen LogP contribution is -2.57. The number of hydrogen-bond donors (Lipinski definition) is 2.